The standard InChI is InChI=1S/C18H12ClFN4/c19-14-9-11(3-5-15(14)20)17-12(2-1-7-22-17)10-4-6-16-13(8-10)18(21)24-23-16/h1-9H,(H3,21,23,24). The maximum absolute atomic E-state index is 13.4. The van der Waals surface area contributed by atoms with Gasteiger partial charge in [-0.3, -0.25) is 10.1 Å². The molecule has 0 aliphatic carbocycles. The maximum Gasteiger partial charge on any atom is 0.153 e. The van der Waals surface area contributed by atoms with Crippen LogP contribution in [0.25, 0.3) is 33.3 Å². The molecule has 4 aromatic rings. The maximum atomic E-state index is 13.4. The van der Waals surface area contributed by atoms with Crippen LogP contribution in [-0.4, -0.2) is 15.2 Å². The predicted molar refractivity (Wildman–Crippen MR) is 94.1 cm³/mol. The van der Waals surface area contributed by atoms with E-state index >= 15 is 0 Å². The van der Waals surface area contributed by atoms with E-state index in [-0.39, 0.29) is 5.02 Å². The van der Waals surface area contributed by atoms with E-state index < -0.39 is 5.82 Å². The molecule has 0 unspecified atom stereocenters. The Morgan fingerprint density at radius 3 is 2.71 bits per heavy atom. The fraction of sp³-hybridized carbons (Fsp3) is 0. The number of hydrogen-bond donors (Lipinski definition) is 2. The number of nitrogens with zero attached hydrogens (tertiary/aromatic N) is 2. The zero-order valence-corrected chi connectivity index (χ0v) is 13.2. The highest BCUT2D eigenvalue weighted by Gasteiger charge is 2.12. The second-order valence-electron chi connectivity index (χ2n) is 5.40. The summed E-state index contributed by atoms with van der Waals surface area (Å²) in [6, 6.07) is 14.2. The quantitative estimate of drug-likeness (QED) is 0.558. The Hall–Kier alpha value is -2.92. The lowest BCUT2D eigenvalue weighted by molar-refractivity contribution is 0.628. The Morgan fingerprint density at radius 2 is 1.88 bits per heavy atom. The van der Waals surface area contributed by atoms with Crippen LogP contribution in [0.3, 0.4) is 0 Å². The van der Waals surface area contributed by atoms with E-state index in [9.17, 15) is 4.39 Å². The van der Waals surface area contributed by atoms with Gasteiger partial charge in [0.05, 0.1) is 16.2 Å². The largest absolute Gasteiger partial charge is 0.382 e. The Bertz CT molecular complexity index is 1060. The molecule has 4 rings (SSSR count). The molecule has 3 N–H and O–H groups in total. The van der Waals surface area contributed by atoms with Crippen molar-refractivity contribution in [3.63, 3.8) is 0 Å². The number of hydrogen-bond acceptors (Lipinski definition) is 3. The Balaban J connectivity index is 1.91. The number of H-pyrrole nitrogens is 1. The summed E-state index contributed by atoms with van der Waals surface area (Å²) in [7, 11) is 0. The lowest BCUT2D eigenvalue weighted by atomic mass is 9.98. The van der Waals surface area contributed by atoms with E-state index in [1.54, 1.807) is 18.3 Å². The number of fused-ring (bicyclic) bond motifs is 1. The number of nitrogens with one attached hydrogen (secondary N) is 1. The monoisotopic (exact) mass is 338 g/mol. The summed E-state index contributed by atoms with van der Waals surface area (Å²) in [5.74, 6) is -0.00685. The highest BCUT2D eigenvalue weighted by atomic mass is 35.5. The van der Waals surface area contributed by atoms with Gasteiger partial charge in [0, 0.05) is 22.7 Å². The average molecular weight is 339 g/mol. The first kappa shape index (κ1) is 14.7. The van der Waals surface area contributed by atoms with Gasteiger partial charge in [0.1, 0.15) is 5.82 Å². The first-order valence-corrected chi connectivity index (χ1v) is 7.66. The van der Waals surface area contributed by atoms with Crippen molar-refractivity contribution in [3.05, 3.63) is 65.6 Å². The molecule has 4 nitrogen and oxygen atoms in total. The number of pyridine rings is 1. The molecule has 0 saturated heterocycles. The zero-order chi connectivity index (χ0) is 16.7. The summed E-state index contributed by atoms with van der Waals surface area (Å²) in [4.78, 5) is 4.45. The van der Waals surface area contributed by atoms with Crippen molar-refractivity contribution in [1.29, 1.82) is 0 Å². The molecule has 6 heteroatoms. The smallest absolute Gasteiger partial charge is 0.153 e. The Labute approximate surface area is 142 Å². The minimum atomic E-state index is -0.453. The van der Waals surface area contributed by atoms with Crippen molar-refractivity contribution in [2.24, 2.45) is 0 Å². The second kappa shape index (κ2) is 5.62. The van der Waals surface area contributed by atoms with Gasteiger partial charge in [-0.1, -0.05) is 23.7 Å². The third-order valence-corrected chi connectivity index (χ3v) is 4.19. The van der Waals surface area contributed by atoms with Gasteiger partial charge in [0.2, 0.25) is 0 Å². The summed E-state index contributed by atoms with van der Waals surface area (Å²) in [5, 5.41) is 7.80. The molecule has 118 valence electrons. The van der Waals surface area contributed by atoms with E-state index in [1.165, 1.54) is 6.07 Å². The second-order valence-corrected chi connectivity index (χ2v) is 5.80. The minimum absolute atomic E-state index is 0.0682. The van der Waals surface area contributed by atoms with Gasteiger partial charge in [0.25, 0.3) is 0 Å². The highest BCUT2D eigenvalue weighted by Crippen LogP contribution is 2.34. The van der Waals surface area contributed by atoms with Crippen LogP contribution in [0.1, 0.15) is 0 Å². The van der Waals surface area contributed by atoms with E-state index in [4.69, 9.17) is 17.3 Å². The van der Waals surface area contributed by atoms with E-state index in [1.807, 2.05) is 30.3 Å². The molecule has 0 atom stereocenters. The molecule has 0 spiro atoms. The molecule has 2 aromatic heterocycles. The fourth-order valence-electron chi connectivity index (χ4n) is 2.71. The Morgan fingerprint density at radius 1 is 1.04 bits per heavy atom. The van der Waals surface area contributed by atoms with Gasteiger partial charge in [-0.25, -0.2) is 4.39 Å². The molecular weight excluding hydrogens is 327 g/mol. The SMILES string of the molecule is Nc1n[nH]c2ccc(-c3cccnc3-c3ccc(F)c(Cl)c3)cc12. The minimum Gasteiger partial charge on any atom is -0.382 e. The molecule has 0 radical (unpaired) electrons. The first-order chi connectivity index (χ1) is 11.6. The molecule has 0 amide bonds. The van der Waals surface area contributed by atoms with Crippen LogP contribution in [0, 0.1) is 5.82 Å². The molecule has 24 heavy (non-hydrogen) atoms. The lowest BCUT2D eigenvalue weighted by Crippen LogP contribution is -1.90. The number of nitrogen functional groups attached to an aromatic ring is 1. The van der Waals surface area contributed by atoms with Gasteiger partial charge in [-0.05, 0) is 42.0 Å². The summed E-state index contributed by atoms with van der Waals surface area (Å²) >= 11 is 5.91. The van der Waals surface area contributed by atoms with E-state index in [0.29, 0.717) is 5.82 Å². The summed E-state index contributed by atoms with van der Waals surface area (Å²) in [5.41, 5.74) is 10.1. The number of anilines is 1. The van der Waals surface area contributed by atoms with Crippen molar-refractivity contribution >= 4 is 28.3 Å². The van der Waals surface area contributed by atoms with Gasteiger partial charge in [-0.2, -0.15) is 5.10 Å². The average Bonchev–Trinajstić information content (AvgIpc) is 2.98. The van der Waals surface area contributed by atoms with Crippen LogP contribution < -0.4 is 5.73 Å². The number of benzene rings is 2. The van der Waals surface area contributed by atoms with Crippen LogP contribution in [0.5, 0.6) is 0 Å². The van der Waals surface area contributed by atoms with Crippen LogP contribution in [-0.2, 0) is 0 Å². The predicted octanol–water partition coefficient (Wildman–Crippen LogP) is 4.67. The molecule has 0 aliphatic heterocycles. The number of halogens is 2. The fourth-order valence-corrected chi connectivity index (χ4v) is 2.89. The summed E-state index contributed by atoms with van der Waals surface area (Å²) in [6.45, 7) is 0. The number of aromatic nitrogens is 3. The van der Waals surface area contributed by atoms with Gasteiger partial charge in [0.15, 0.2) is 5.82 Å². The third kappa shape index (κ3) is 2.39. The number of aromatic amines is 1. The molecule has 0 saturated carbocycles. The molecule has 0 aliphatic rings. The normalized spacial score (nSPS) is 11.1. The van der Waals surface area contributed by atoms with Crippen LogP contribution in [0.4, 0.5) is 10.2 Å². The van der Waals surface area contributed by atoms with Crippen LogP contribution in [0.15, 0.2) is 54.7 Å². The highest BCUT2D eigenvalue weighted by molar-refractivity contribution is 6.31. The first-order valence-electron chi connectivity index (χ1n) is 7.28. The molecule has 2 heterocycles. The molecule has 0 bridgehead atoms. The van der Waals surface area contributed by atoms with Crippen molar-refractivity contribution in [2.75, 3.05) is 5.73 Å². The van der Waals surface area contributed by atoms with Crippen LogP contribution >= 0.6 is 11.6 Å². The van der Waals surface area contributed by atoms with E-state index in [0.717, 1.165) is 33.3 Å². The number of rotatable bonds is 2. The Kier molecular flexibility index (Phi) is 3.43. The molecular formula is C18H12ClFN4. The molecule has 2 aromatic carbocycles. The van der Waals surface area contributed by atoms with Gasteiger partial charge < -0.3 is 5.73 Å². The summed E-state index contributed by atoms with van der Waals surface area (Å²) in [6.07, 6.45) is 1.70. The van der Waals surface area contributed by atoms with Crippen LogP contribution in [0.2, 0.25) is 5.02 Å². The third-order valence-electron chi connectivity index (χ3n) is 3.90. The van der Waals surface area contributed by atoms with Crippen molar-refractivity contribution in [1.82, 2.24) is 15.2 Å². The lowest BCUT2D eigenvalue weighted by Gasteiger charge is -2.10. The summed E-state index contributed by atoms with van der Waals surface area (Å²) < 4.78 is 13.4. The van der Waals surface area contributed by atoms with Gasteiger partial charge >= 0.3 is 0 Å². The van der Waals surface area contributed by atoms with E-state index in [2.05, 4.69) is 15.2 Å². The zero-order valence-electron chi connectivity index (χ0n) is 12.4. The number of nitrogens with two attached hydrogens (primary N) is 1. The van der Waals surface area contributed by atoms with Crippen molar-refractivity contribution < 1.29 is 4.39 Å². The molecule has 0 fully saturated rings. The van der Waals surface area contributed by atoms with Crippen molar-refractivity contribution in [3.8, 4) is 22.4 Å². The van der Waals surface area contributed by atoms with Crippen molar-refractivity contribution in [2.45, 2.75) is 0 Å². The topological polar surface area (TPSA) is 67.6 Å². The van der Waals surface area contributed by atoms with Gasteiger partial charge in [-0.15, -0.1) is 0 Å².